The largest absolute Gasteiger partial charge is 0.493 e. The van der Waals surface area contributed by atoms with E-state index in [1.165, 1.54) is 0 Å². The molecule has 0 aliphatic heterocycles. The average Bonchev–Trinajstić information content (AvgIpc) is 2.93. The summed E-state index contributed by atoms with van der Waals surface area (Å²) >= 11 is 1.64. The van der Waals surface area contributed by atoms with E-state index >= 15 is 0 Å². The van der Waals surface area contributed by atoms with E-state index in [0.717, 1.165) is 11.1 Å². The minimum absolute atomic E-state index is 0.0453. The fraction of sp³-hybridized carbons (Fsp3) is 0.231. The molecule has 1 atom stereocenters. The first-order chi connectivity index (χ1) is 8.80. The summed E-state index contributed by atoms with van der Waals surface area (Å²) in [6.07, 6.45) is 0. The van der Waals surface area contributed by atoms with Crippen LogP contribution in [0.1, 0.15) is 17.2 Å². The summed E-state index contributed by atoms with van der Waals surface area (Å²) in [4.78, 5) is 0. The van der Waals surface area contributed by atoms with Crippen molar-refractivity contribution in [2.75, 3.05) is 14.2 Å². The molecule has 96 valence electrons. The molecule has 0 saturated heterocycles. The number of methoxy groups -OCH3 is 2. The maximum atomic E-state index is 5.64. The lowest BCUT2D eigenvalue weighted by molar-refractivity contribution is 0.354. The summed E-state index contributed by atoms with van der Waals surface area (Å²) in [6.45, 7) is 0. The molecule has 4 nitrogen and oxygen atoms in total. The summed E-state index contributed by atoms with van der Waals surface area (Å²) in [7, 11) is 3.24. The zero-order chi connectivity index (χ0) is 13.0. The number of hydrogen-bond acceptors (Lipinski definition) is 5. The van der Waals surface area contributed by atoms with Crippen molar-refractivity contribution in [3.63, 3.8) is 0 Å². The standard InChI is InChI=1S/C13H16N2O2S/c1-16-11-4-3-9(7-12(11)17-2)13(15-14)10-5-6-18-8-10/h3-8,13,15H,14H2,1-2H3. The van der Waals surface area contributed by atoms with Crippen molar-refractivity contribution in [3.8, 4) is 11.5 Å². The van der Waals surface area contributed by atoms with Gasteiger partial charge in [0.05, 0.1) is 20.3 Å². The molecule has 0 radical (unpaired) electrons. The van der Waals surface area contributed by atoms with Crippen LogP contribution >= 0.6 is 11.3 Å². The molecule has 2 rings (SSSR count). The molecule has 1 aromatic heterocycles. The smallest absolute Gasteiger partial charge is 0.161 e. The fourth-order valence-electron chi connectivity index (χ4n) is 1.86. The lowest BCUT2D eigenvalue weighted by Gasteiger charge is -2.17. The lowest BCUT2D eigenvalue weighted by atomic mass is 10.0. The van der Waals surface area contributed by atoms with E-state index in [9.17, 15) is 0 Å². The summed E-state index contributed by atoms with van der Waals surface area (Å²) in [5, 5.41) is 4.10. The van der Waals surface area contributed by atoms with Crippen LogP contribution in [0.5, 0.6) is 11.5 Å². The van der Waals surface area contributed by atoms with Crippen molar-refractivity contribution < 1.29 is 9.47 Å². The summed E-state index contributed by atoms with van der Waals surface area (Å²) < 4.78 is 10.5. The van der Waals surface area contributed by atoms with Crippen LogP contribution in [0.3, 0.4) is 0 Å². The molecule has 1 aromatic carbocycles. The molecule has 0 saturated carbocycles. The van der Waals surface area contributed by atoms with Gasteiger partial charge in [-0.1, -0.05) is 6.07 Å². The van der Waals surface area contributed by atoms with Gasteiger partial charge in [0.1, 0.15) is 0 Å². The van der Waals surface area contributed by atoms with Gasteiger partial charge >= 0.3 is 0 Å². The first-order valence-electron chi connectivity index (χ1n) is 5.50. The van der Waals surface area contributed by atoms with E-state index in [1.54, 1.807) is 25.6 Å². The minimum Gasteiger partial charge on any atom is -0.493 e. The topological polar surface area (TPSA) is 56.5 Å². The molecule has 1 heterocycles. The van der Waals surface area contributed by atoms with Crippen molar-refractivity contribution in [1.29, 1.82) is 0 Å². The van der Waals surface area contributed by atoms with Gasteiger partial charge in [-0.2, -0.15) is 11.3 Å². The third-order valence-corrected chi connectivity index (χ3v) is 3.49. The number of hydrogen-bond donors (Lipinski definition) is 2. The van der Waals surface area contributed by atoms with Crippen LogP contribution in [0.15, 0.2) is 35.0 Å². The quantitative estimate of drug-likeness (QED) is 0.643. The number of nitrogens with one attached hydrogen (secondary N) is 1. The second kappa shape index (κ2) is 5.86. The highest BCUT2D eigenvalue weighted by Crippen LogP contribution is 2.32. The van der Waals surface area contributed by atoms with Crippen LogP contribution in [0.25, 0.3) is 0 Å². The molecular weight excluding hydrogens is 248 g/mol. The third kappa shape index (κ3) is 2.48. The highest BCUT2D eigenvalue weighted by Gasteiger charge is 2.15. The second-order valence-electron chi connectivity index (χ2n) is 3.77. The zero-order valence-corrected chi connectivity index (χ0v) is 11.2. The van der Waals surface area contributed by atoms with Crippen LogP contribution in [0.2, 0.25) is 0 Å². The molecule has 0 bridgehead atoms. The van der Waals surface area contributed by atoms with Crippen LogP contribution in [0.4, 0.5) is 0 Å². The van der Waals surface area contributed by atoms with Crippen LogP contribution in [0, 0.1) is 0 Å². The zero-order valence-electron chi connectivity index (χ0n) is 10.3. The van der Waals surface area contributed by atoms with E-state index in [2.05, 4.69) is 10.8 Å². The van der Waals surface area contributed by atoms with Gasteiger partial charge < -0.3 is 9.47 Å². The van der Waals surface area contributed by atoms with Gasteiger partial charge in [0.15, 0.2) is 11.5 Å². The Morgan fingerprint density at radius 3 is 2.44 bits per heavy atom. The Morgan fingerprint density at radius 1 is 1.11 bits per heavy atom. The number of thiophene rings is 1. The molecule has 0 aliphatic carbocycles. The first-order valence-corrected chi connectivity index (χ1v) is 6.44. The molecule has 2 aromatic rings. The lowest BCUT2D eigenvalue weighted by Crippen LogP contribution is -2.28. The number of nitrogens with two attached hydrogens (primary N) is 1. The molecule has 0 spiro atoms. The predicted octanol–water partition coefficient (Wildman–Crippen LogP) is 2.32. The Kier molecular flexibility index (Phi) is 4.19. The van der Waals surface area contributed by atoms with Gasteiger partial charge in [0.2, 0.25) is 0 Å². The molecule has 0 aliphatic rings. The average molecular weight is 264 g/mol. The molecule has 18 heavy (non-hydrogen) atoms. The molecule has 1 unspecified atom stereocenters. The molecular formula is C13H16N2O2S. The summed E-state index contributed by atoms with van der Waals surface area (Å²) in [6, 6.07) is 7.79. The van der Waals surface area contributed by atoms with Gasteiger partial charge in [-0.25, -0.2) is 5.43 Å². The molecule has 0 fully saturated rings. The SMILES string of the molecule is COc1ccc(C(NN)c2ccsc2)cc1OC. The fourth-order valence-corrected chi connectivity index (χ4v) is 2.54. The van der Waals surface area contributed by atoms with E-state index in [0.29, 0.717) is 11.5 Å². The van der Waals surface area contributed by atoms with Gasteiger partial charge in [-0.15, -0.1) is 0 Å². The summed E-state index contributed by atoms with van der Waals surface area (Å²) in [5.41, 5.74) is 4.99. The van der Waals surface area contributed by atoms with E-state index < -0.39 is 0 Å². The van der Waals surface area contributed by atoms with E-state index in [-0.39, 0.29) is 6.04 Å². The number of rotatable bonds is 5. The van der Waals surface area contributed by atoms with E-state index in [1.807, 2.05) is 29.6 Å². The second-order valence-corrected chi connectivity index (χ2v) is 4.55. The number of benzene rings is 1. The minimum atomic E-state index is -0.0453. The maximum Gasteiger partial charge on any atom is 0.161 e. The van der Waals surface area contributed by atoms with Crippen molar-refractivity contribution >= 4 is 11.3 Å². The molecule has 5 heteroatoms. The highest BCUT2D eigenvalue weighted by molar-refractivity contribution is 7.08. The predicted molar refractivity (Wildman–Crippen MR) is 73.0 cm³/mol. The monoisotopic (exact) mass is 264 g/mol. The van der Waals surface area contributed by atoms with Crippen LogP contribution in [-0.4, -0.2) is 14.2 Å². The van der Waals surface area contributed by atoms with Gasteiger partial charge in [-0.05, 0) is 40.1 Å². The Balaban J connectivity index is 2.37. The maximum absolute atomic E-state index is 5.64. The van der Waals surface area contributed by atoms with Crippen molar-refractivity contribution in [2.24, 2.45) is 5.84 Å². The number of hydrazine groups is 1. The van der Waals surface area contributed by atoms with Crippen molar-refractivity contribution in [3.05, 3.63) is 46.2 Å². The van der Waals surface area contributed by atoms with Crippen molar-refractivity contribution in [1.82, 2.24) is 5.43 Å². The molecule has 3 N–H and O–H groups in total. The highest BCUT2D eigenvalue weighted by atomic mass is 32.1. The summed E-state index contributed by atoms with van der Waals surface area (Å²) in [5.74, 6) is 7.05. The van der Waals surface area contributed by atoms with Crippen LogP contribution < -0.4 is 20.7 Å². The van der Waals surface area contributed by atoms with Crippen molar-refractivity contribution in [2.45, 2.75) is 6.04 Å². The molecule has 0 amide bonds. The van der Waals surface area contributed by atoms with Gasteiger partial charge in [-0.3, -0.25) is 5.84 Å². The number of ether oxygens (including phenoxy) is 2. The first kappa shape index (κ1) is 12.9. The Labute approximate surface area is 110 Å². The van der Waals surface area contributed by atoms with Gasteiger partial charge in [0, 0.05) is 0 Å². The van der Waals surface area contributed by atoms with Crippen LogP contribution in [-0.2, 0) is 0 Å². The van der Waals surface area contributed by atoms with Gasteiger partial charge in [0.25, 0.3) is 0 Å². The Morgan fingerprint density at radius 2 is 1.89 bits per heavy atom. The van der Waals surface area contributed by atoms with E-state index in [4.69, 9.17) is 15.3 Å². The Bertz CT molecular complexity index is 500. The third-order valence-electron chi connectivity index (χ3n) is 2.78. The normalized spacial score (nSPS) is 12.2. The Hall–Kier alpha value is -1.56.